The summed E-state index contributed by atoms with van der Waals surface area (Å²) in [7, 11) is 0. The second kappa shape index (κ2) is 7.08. The third-order valence-corrected chi connectivity index (χ3v) is 5.76. The Hall–Kier alpha value is -2.21. The van der Waals surface area contributed by atoms with Crippen molar-refractivity contribution in [2.24, 2.45) is 5.92 Å². The lowest BCUT2D eigenvalue weighted by molar-refractivity contribution is 0.0730. The molecule has 0 unspecified atom stereocenters. The molecule has 0 saturated carbocycles. The third kappa shape index (κ3) is 3.50. The second-order valence-corrected chi connectivity index (χ2v) is 8.23. The molecule has 5 heterocycles. The molecule has 2 aromatic rings. The normalized spacial score (nSPS) is 22.9. The summed E-state index contributed by atoms with van der Waals surface area (Å²) < 4.78 is 16.2. The molecule has 27 heavy (non-hydrogen) atoms. The van der Waals surface area contributed by atoms with E-state index in [0.717, 1.165) is 31.5 Å². The number of nitrogens with zero attached hydrogens (tertiary/aromatic N) is 4. The third-order valence-electron chi connectivity index (χ3n) is 5.76. The van der Waals surface area contributed by atoms with Crippen LogP contribution in [-0.4, -0.2) is 57.3 Å². The average molecular weight is 370 g/mol. The Morgan fingerprint density at radius 3 is 2.85 bits per heavy atom. The van der Waals surface area contributed by atoms with Gasteiger partial charge >= 0.3 is 0 Å². The summed E-state index contributed by atoms with van der Waals surface area (Å²) in [5, 5.41) is 0. The second-order valence-electron chi connectivity index (χ2n) is 8.23. The molecule has 0 N–H and O–H groups in total. The minimum Gasteiger partial charge on any atom is -0.335 e. The summed E-state index contributed by atoms with van der Waals surface area (Å²) in [5.41, 5.74) is 2.66. The van der Waals surface area contributed by atoms with Gasteiger partial charge in [-0.2, -0.15) is 4.39 Å². The van der Waals surface area contributed by atoms with E-state index < -0.39 is 5.95 Å². The number of piperidine rings is 1. The molecular weight excluding hydrogens is 343 g/mol. The molecule has 0 radical (unpaired) electrons. The monoisotopic (exact) mass is 370 g/mol. The number of amides is 1. The van der Waals surface area contributed by atoms with Gasteiger partial charge in [-0.25, -0.2) is 4.98 Å². The van der Waals surface area contributed by atoms with Gasteiger partial charge in [0.1, 0.15) is 5.65 Å². The van der Waals surface area contributed by atoms with Gasteiger partial charge in [-0.3, -0.25) is 14.1 Å². The first kappa shape index (κ1) is 18.2. The average Bonchev–Trinajstić information content (AvgIpc) is 2.80. The van der Waals surface area contributed by atoms with Gasteiger partial charge in [0.05, 0.1) is 0 Å². The maximum absolute atomic E-state index is 14.8. The quantitative estimate of drug-likeness (QED) is 0.779. The Bertz CT molecular complexity index is 899. The Kier molecular flexibility index (Phi) is 4.76. The van der Waals surface area contributed by atoms with Crippen molar-refractivity contribution in [2.75, 3.05) is 26.2 Å². The van der Waals surface area contributed by atoms with E-state index in [9.17, 15) is 9.18 Å². The lowest BCUT2D eigenvalue weighted by Crippen LogP contribution is -2.44. The smallest absolute Gasteiger partial charge is 0.277 e. The number of hydrogen-bond donors (Lipinski definition) is 0. The lowest BCUT2D eigenvalue weighted by atomic mass is 9.95. The van der Waals surface area contributed by atoms with Crippen molar-refractivity contribution < 1.29 is 9.18 Å². The summed E-state index contributed by atoms with van der Waals surface area (Å²) in [5.74, 6) is -0.396. The largest absolute Gasteiger partial charge is 0.335 e. The Morgan fingerprint density at radius 2 is 2.07 bits per heavy atom. The zero-order chi connectivity index (χ0) is 19.1. The number of carbonyl (C=O) groups is 1. The highest BCUT2D eigenvalue weighted by molar-refractivity contribution is 5.93. The van der Waals surface area contributed by atoms with Crippen molar-refractivity contribution in [2.45, 2.75) is 39.7 Å². The number of aromatic nitrogens is 2. The molecular formula is C21H27FN4O. The fourth-order valence-electron chi connectivity index (χ4n) is 4.28. The van der Waals surface area contributed by atoms with Crippen LogP contribution in [0.5, 0.6) is 0 Å². The number of rotatable bonds is 3. The molecule has 3 aliphatic rings. The van der Waals surface area contributed by atoms with Crippen molar-refractivity contribution in [3.05, 3.63) is 47.2 Å². The molecule has 6 heteroatoms. The van der Waals surface area contributed by atoms with Gasteiger partial charge in [0, 0.05) is 38.4 Å². The zero-order valence-corrected chi connectivity index (χ0v) is 16.3. The first-order valence-corrected chi connectivity index (χ1v) is 9.73. The molecule has 3 fully saturated rings. The van der Waals surface area contributed by atoms with Gasteiger partial charge in [0.25, 0.3) is 5.91 Å². The summed E-state index contributed by atoms with van der Waals surface area (Å²) >= 11 is 0. The van der Waals surface area contributed by atoms with Crippen molar-refractivity contribution in [3.8, 4) is 0 Å². The van der Waals surface area contributed by atoms with E-state index >= 15 is 0 Å². The molecule has 3 saturated heterocycles. The van der Waals surface area contributed by atoms with Crippen LogP contribution in [-0.2, 0) is 0 Å². The van der Waals surface area contributed by atoms with E-state index in [-0.39, 0.29) is 11.6 Å². The predicted molar refractivity (Wildman–Crippen MR) is 103 cm³/mol. The number of hydrogen-bond acceptors (Lipinski definition) is 3. The predicted octanol–water partition coefficient (Wildman–Crippen LogP) is 3.28. The van der Waals surface area contributed by atoms with Crippen LogP contribution in [0.3, 0.4) is 0 Å². The molecule has 3 aliphatic heterocycles. The fraction of sp³-hybridized carbons (Fsp3) is 0.524. The number of halogens is 1. The van der Waals surface area contributed by atoms with Crippen LogP contribution in [0.1, 0.15) is 42.7 Å². The minimum atomic E-state index is -0.559. The standard InChI is InChI=1S/C21H27FN4O/c1-14(2)8-9-24-11-16-5-6-17(24)13-25(12-16)21(27)19-20(22)26-10-15(3)4-7-18(26)23-19/h4,7-8,10,16-17H,5-6,9,11-13H2,1-3H3/t16-,17-/m1/s1. The highest BCUT2D eigenvalue weighted by Gasteiger charge is 2.37. The zero-order valence-electron chi connectivity index (χ0n) is 16.3. The molecule has 0 aliphatic carbocycles. The molecule has 0 aromatic carbocycles. The van der Waals surface area contributed by atoms with E-state index in [4.69, 9.17) is 0 Å². The number of pyridine rings is 1. The lowest BCUT2D eigenvalue weighted by Gasteiger charge is -2.35. The molecule has 2 bridgehead atoms. The Balaban J connectivity index is 1.58. The van der Waals surface area contributed by atoms with Crippen molar-refractivity contribution in [1.29, 1.82) is 0 Å². The Labute approximate surface area is 159 Å². The van der Waals surface area contributed by atoms with Crippen molar-refractivity contribution in [1.82, 2.24) is 19.2 Å². The van der Waals surface area contributed by atoms with E-state index in [1.807, 2.05) is 17.9 Å². The van der Waals surface area contributed by atoms with E-state index in [0.29, 0.717) is 30.7 Å². The molecule has 144 valence electrons. The van der Waals surface area contributed by atoms with Gasteiger partial charge in [0.15, 0.2) is 5.69 Å². The van der Waals surface area contributed by atoms with Gasteiger partial charge < -0.3 is 4.90 Å². The van der Waals surface area contributed by atoms with E-state index in [1.54, 1.807) is 12.3 Å². The summed E-state index contributed by atoms with van der Waals surface area (Å²) in [6.07, 6.45) is 6.16. The van der Waals surface area contributed by atoms with Gasteiger partial charge in [0.2, 0.25) is 5.95 Å². The molecule has 5 nitrogen and oxygen atoms in total. The van der Waals surface area contributed by atoms with Crippen LogP contribution >= 0.6 is 0 Å². The van der Waals surface area contributed by atoms with Crippen LogP contribution in [0.2, 0.25) is 0 Å². The summed E-state index contributed by atoms with van der Waals surface area (Å²) in [4.78, 5) is 21.7. The highest BCUT2D eigenvalue weighted by Crippen LogP contribution is 2.29. The number of allylic oxidation sites excluding steroid dienone is 1. The molecule has 2 atom stereocenters. The van der Waals surface area contributed by atoms with Crippen LogP contribution < -0.4 is 0 Å². The van der Waals surface area contributed by atoms with Gasteiger partial charge in [-0.15, -0.1) is 0 Å². The van der Waals surface area contributed by atoms with Crippen molar-refractivity contribution in [3.63, 3.8) is 0 Å². The number of aryl methyl sites for hydroxylation is 1. The van der Waals surface area contributed by atoms with E-state index in [2.05, 4.69) is 29.8 Å². The maximum atomic E-state index is 14.8. The van der Waals surface area contributed by atoms with Crippen LogP contribution in [0.25, 0.3) is 5.65 Å². The fourth-order valence-corrected chi connectivity index (χ4v) is 4.28. The molecule has 2 aromatic heterocycles. The molecule has 5 rings (SSSR count). The van der Waals surface area contributed by atoms with Crippen LogP contribution in [0, 0.1) is 18.8 Å². The van der Waals surface area contributed by atoms with Gasteiger partial charge in [-0.05, 0) is 51.2 Å². The van der Waals surface area contributed by atoms with Crippen LogP contribution in [0.4, 0.5) is 4.39 Å². The van der Waals surface area contributed by atoms with Crippen LogP contribution in [0.15, 0.2) is 30.0 Å². The number of fused-ring (bicyclic) bond motifs is 5. The molecule has 0 spiro atoms. The highest BCUT2D eigenvalue weighted by atomic mass is 19.1. The van der Waals surface area contributed by atoms with Crippen molar-refractivity contribution >= 4 is 11.6 Å². The topological polar surface area (TPSA) is 40.8 Å². The van der Waals surface area contributed by atoms with Gasteiger partial charge in [-0.1, -0.05) is 17.7 Å². The SMILES string of the molecule is CC(C)=CCN1C[C@H]2CC[C@@H]1CN(C(=O)c1nc3ccc(C)cn3c1F)C2. The summed E-state index contributed by atoms with van der Waals surface area (Å²) in [6.45, 7) is 9.39. The molecule has 1 amide bonds. The maximum Gasteiger partial charge on any atom is 0.277 e. The van der Waals surface area contributed by atoms with E-state index in [1.165, 1.54) is 9.97 Å². The first-order chi connectivity index (χ1) is 12.9. The summed E-state index contributed by atoms with van der Waals surface area (Å²) in [6, 6.07) is 3.97. The number of imidazole rings is 1. The number of carbonyl (C=O) groups excluding carboxylic acids is 1. The Morgan fingerprint density at radius 1 is 1.26 bits per heavy atom. The minimum absolute atomic E-state index is 0.0576. The first-order valence-electron chi connectivity index (χ1n) is 9.73.